The van der Waals surface area contributed by atoms with E-state index in [0.29, 0.717) is 34.3 Å². The van der Waals surface area contributed by atoms with Crippen molar-refractivity contribution in [3.8, 4) is 0 Å². The zero-order valence-corrected chi connectivity index (χ0v) is 16.9. The van der Waals surface area contributed by atoms with Crippen LogP contribution in [0.4, 0.5) is 5.69 Å². The lowest BCUT2D eigenvalue weighted by Crippen LogP contribution is -2.44. The molecule has 2 N–H and O–H groups in total. The number of amides is 3. The third-order valence-corrected chi connectivity index (χ3v) is 4.37. The highest BCUT2D eigenvalue weighted by atomic mass is 35.5. The molecular weight excluding hydrogens is 401 g/mol. The van der Waals surface area contributed by atoms with Crippen LogP contribution in [0, 0.1) is 0 Å². The minimum absolute atomic E-state index is 0.146. The summed E-state index contributed by atoms with van der Waals surface area (Å²) in [5.41, 5.74) is 0.879. The van der Waals surface area contributed by atoms with E-state index in [1.54, 1.807) is 42.5 Å². The number of rotatable bonds is 8. The maximum Gasteiger partial charge on any atom is 0.251 e. The first-order valence-corrected chi connectivity index (χ1v) is 9.52. The lowest BCUT2D eigenvalue weighted by Gasteiger charge is -2.22. The van der Waals surface area contributed by atoms with Crippen molar-refractivity contribution >= 4 is 46.6 Å². The molecule has 0 atom stereocenters. The Balaban J connectivity index is 1.92. The standard InChI is InChI=1S/C20H21Cl2N3O3/c1-2-10-25(13-18(26)24-17-9-8-15(21)11-16(17)22)19(27)12-23-20(28)14-6-4-3-5-7-14/h3-9,11H,2,10,12-13H2,1H3,(H,23,28)(H,24,26). The zero-order valence-electron chi connectivity index (χ0n) is 15.4. The number of halogens is 2. The Kier molecular flexibility index (Phi) is 8.29. The van der Waals surface area contributed by atoms with Crippen molar-refractivity contribution in [2.45, 2.75) is 13.3 Å². The number of anilines is 1. The van der Waals surface area contributed by atoms with Crippen LogP contribution >= 0.6 is 23.2 Å². The largest absolute Gasteiger partial charge is 0.343 e. The number of nitrogens with zero attached hydrogens (tertiary/aromatic N) is 1. The van der Waals surface area contributed by atoms with Gasteiger partial charge in [0.2, 0.25) is 11.8 Å². The molecule has 0 radical (unpaired) electrons. The highest BCUT2D eigenvalue weighted by molar-refractivity contribution is 6.36. The number of carbonyl (C=O) groups is 3. The molecule has 0 aromatic heterocycles. The second kappa shape index (κ2) is 10.7. The SMILES string of the molecule is CCCN(CC(=O)Nc1ccc(Cl)cc1Cl)C(=O)CNC(=O)c1ccccc1. The molecule has 148 valence electrons. The van der Waals surface area contributed by atoms with Gasteiger partial charge in [-0.2, -0.15) is 0 Å². The van der Waals surface area contributed by atoms with Gasteiger partial charge in [0.05, 0.1) is 23.8 Å². The molecule has 2 rings (SSSR count). The van der Waals surface area contributed by atoms with Crippen LogP contribution in [0.2, 0.25) is 10.0 Å². The number of carbonyl (C=O) groups excluding carboxylic acids is 3. The number of nitrogens with one attached hydrogen (secondary N) is 2. The number of hydrogen-bond acceptors (Lipinski definition) is 3. The molecule has 0 aliphatic heterocycles. The van der Waals surface area contributed by atoms with Crippen LogP contribution in [0.3, 0.4) is 0 Å². The van der Waals surface area contributed by atoms with Gasteiger partial charge in [-0.3, -0.25) is 14.4 Å². The van der Waals surface area contributed by atoms with Gasteiger partial charge >= 0.3 is 0 Å². The third-order valence-electron chi connectivity index (χ3n) is 3.82. The van der Waals surface area contributed by atoms with E-state index in [0.717, 1.165) is 0 Å². The first kappa shape index (κ1) is 21.7. The fraction of sp³-hybridized carbons (Fsp3) is 0.250. The van der Waals surface area contributed by atoms with E-state index in [4.69, 9.17) is 23.2 Å². The Bertz CT molecular complexity index is 844. The summed E-state index contributed by atoms with van der Waals surface area (Å²) in [7, 11) is 0. The van der Waals surface area contributed by atoms with Gasteiger partial charge in [-0.1, -0.05) is 48.3 Å². The summed E-state index contributed by atoms with van der Waals surface area (Å²) in [4.78, 5) is 38.2. The topological polar surface area (TPSA) is 78.5 Å². The summed E-state index contributed by atoms with van der Waals surface area (Å²) in [6, 6.07) is 13.3. The zero-order chi connectivity index (χ0) is 20.5. The number of hydrogen-bond donors (Lipinski definition) is 2. The van der Waals surface area contributed by atoms with Gasteiger partial charge in [-0.05, 0) is 36.8 Å². The van der Waals surface area contributed by atoms with Crippen molar-refractivity contribution in [3.63, 3.8) is 0 Å². The minimum atomic E-state index is -0.389. The summed E-state index contributed by atoms with van der Waals surface area (Å²) in [5, 5.41) is 6.01. The molecule has 2 aromatic carbocycles. The van der Waals surface area contributed by atoms with Crippen LogP contribution in [0.1, 0.15) is 23.7 Å². The van der Waals surface area contributed by atoms with E-state index >= 15 is 0 Å². The molecule has 2 aromatic rings. The minimum Gasteiger partial charge on any atom is -0.343 e. The quantitative estimate of drug-likeness (QED) is 0.683. The molecular formula is C20H21Cl2N3O3. The summed E-state index contributed by atoms with van der Waals surface area (Å²) in [6.07, 6.45) is 0.674. The summed E-state index contributed by atoms with van der Waals surface area (Å²) < 4.78 is 0. The van der Waals surface area contributed by atoms with Crippen molar-refractivity contribution in [1.29, 1.82) is 0 Å². The molecule has 3 amide bonds. The fourth-order valence-corrected chi connectivity index (χ4v) is 2.93. The van der Waals surface area contributed by atoms with Crippen LogP contribution < -0.4 is 10.6 Å². The maximum absolute atomic E-state index is 12.5. The second-order valence-electron chi connectivity index (χ2n) is 6.04. The van der Waals surface area contributed by atoms with Crippen LogP contribution in [-0.4, -0.2) is 42.3 Å². The Morgan fingerprint density at radius 3 is 2.39 bits per heavy atom. The van der Waals surface area contributed by atoms with Crippen LogP contribution in [0.15, 0.2) is 48.5 Å². The van der Waals surface area contributed by atoms with Gasteiger partial charge in [-0.25, -0.2) is 0 Å². The fourth-order valence-electron chi connectivity index (χ4n) is 2.48. The van der Waals surface area contributed by atoms with Crippen molar-refractivity contribution in [2.24, 2.45) is 0 Å². The molecule has 0 saturated carbocycles. The predicted molar refractivity (Wildman–Crippen MR) is 111 cm³/mol. The third kappa shape index (κ3) is 6.55. The van der Waals surface area contributed by atoms with Crippen LogP contribution in [0.5, 0.6) is 0 Å². The van der Waals surface area contributed by atoms with E-state index in [1.807, 2.05) is 6.92 Å². The lowest BCUT2D eigenvalue weighted by atomic mass is 10.2. The molecule has 6 nitrogen and oxygen atoms in total. The highest BCUT2D eigenvalue weighted by Gasteiger charge is 2.18. The van der Waals surface area contributed by atoms with E-state index in [-0.39, 0.29) is 30.8 Å². The molecule has 0 unspecified atom stereocenters. The molecule has 0 fully saturated rings. The van der Waals surface area contributed by atoms with E-state index < -0.39 is 0 Å². The molecule has 28 heavy (non-hydrogen) atoms. The Morgan fingerprint density at radius 1 is 1.04 bits per heavy atom. The summed E-state index contributed by atoms with van der Waals surface area (Å²) in [5.74, 6) is -1.08. The molecule has 0 spiro atoms. The highest BCUT2D eigenvalue weighted by Crippen LogP contribution is 2.25. The molecule has 0 aliphatic rings. The van der Waals surface area contributed by atoms with Crippen molar-refractivity contribution in [1.82, 2.24) is 10.2 Å². The van der Waals surface area contributed by atoms with Crippen molar-refractivity contribution < 1.29 is 14.4 Å². The smallest absolute Gasteiger partial charge is 0.251 e. The van der Waals surface area contributed by atoms with Crippen LogP contribution in [0.25, 0.3) is 0 Å². The Hall–Kier alpha value is -2.57. The van der Waals surface area contributed by atoms with Gasteiger partial charge in [-0.15, -0.1) is 0 Å². The molecule has 0 heterocycles. The summed E-state index contributed by atoms with van der Waals surface area (Å²) in [6.45, 7) is 1.95. The Morgan fingerprint density at radius 2 is 1.75 bits per heavy atom. The lowest BCUT2D eigenvalue weighted by molar-refractivity contribution is -0.133. The molecule has 0 saturated heterocycles. The van der Waals surface area contributed by atoms with Gasteiger partial charge in [0, 0.05) is 17.1 Å². The van der Waals surface area contributed by atoms with Gasteiger partial charge in [0.1, 0.15) is 0 Å². The van der Waals surface area contributed by atoms with Crippen molar-refractivity contribution in [3.05, 3.63) is 64.1 Å². The maximum atomic E-state index is 12.5. The number of benzene rings is 2. The first-order valence-electron chi connectivity index (χ1n) is 8.76. The van der Waals surface area contributed by atoms with E-state index in [9.17, 15) is 14.4 Å². The molecule has 0 bridgehead atoms. The van der Waals surface area contributed by atoms with Gasteiger partial charge in [0.25, 0.3) is 5.91 Å². The van der Waals surface area contributed by atoms with E-state index in [1.165, 1.54) is 11.0 Å². The monoisotopic (exact) mass is 421 g/mol. The average Bonchev–Trinajstić information content (AvgIpc) is 2.68. The normalized spacial score (nSPS) is 10.2. The molecule has 8 heteroatoms. The average molecular weight is 422 g/mol. The van der Waals surface area contributed by atoms with Gasteiger partial charge in [0.15, 0.2) is 0 Å². The summed E-state index contributed by atoms with van der Waals surface area (Å²) >= 11 is 11.9. The second-order valence-corrected chi connectivity index (χ2v) is 6.88. The van der Waals surface area contributed by atoms with E-state index in [2.05, 4.69) is 10.6 Å². The molecule has 0 aliphatic carbocycles. The van der Waals surface area contributed by atoms with Gasteiger partial charge < -0.3 is 15.5 Å². The Labute approximate surface area is 173 Å². The first-order chi connectivity index (χ1) is 13.4. The van der Waals surface area contributed by atoms with Crippen LogP contribution in [-0.2, 0) is 9.59 Å². The van der Waals surface area contributed by atoms with Crippen molar-refractivity contribution in [2.75, 3.05) is 25.0 Å². The predicted octanol–water partition coefficient (Wildman–Crippen LogP) is 3.60.